The number of fused-ring (bicyclic) bond motifs is 2. The molecule has 0 unspecified atom stereocenters. The number of carbonyl (C=O) groups excluding carboxylic acids is 1. The number of nitrogens with two attached hydrogens (primary N) is 1. The molecule has 0 saturated heterocycles. The van der Waals surface area contributed by atoms with Gasteiger partial charge in [-0.15, -0.1) is 4.36 Å². The van der Waals surface area contributed by atoms with Crippen LogP contribution in [0.1, 0.15) is 42.9 Å². The molecule has 1 aliphatic heterocycles. The van der Waals surface area contributed by atoms with E-state index in [-0.39, 0.29) is 10.8 Å². The number of rotatable bonds is 3. The van der Waals surface area contributed by atoms with Gasteiger partial charge in [-0.1, -0.05) is 26.0 Å². The van der Waals surface area contributed by atoms with E-state index < -0.39 is 15.9 Å². The zero-order valence-electron chi connectivity index (χ0n) is 15.4. The standard InChI is InChI=1S/C18H23N5O3S/c1-11(2)13-6-4-12-5-7-14(12)16(13)21-18(24)22-27(19,25)15-10-20-23-8-3-9-26-17(15)23/h4,6,10-11H,3,5,7-9H2,1-2H3,(H3,19,21,22,24,25)/t27-/m0/s1. The molecule has 1 aliphatic carbocycles. The molecule has 2 aliphatic rings. The van der Waals surface area contributed by atoms with Crippen LogP contribution in [0.4, 0.5) is 10.5 Å². The Morgan fingerprint density at radius 2 is 2.22 bits per heavy atom. The first-order valence-corrected chi connectivity index (χ1v) is 10.6. The molecular formula is C18H23N5O3S. The third-order valence-electron chi connectivity index (χ3n) is 4.99. The first-order chi connectivity index (χ1) is 12.9. The van der Waals surface area contributed by atoms with Crippen LogP contribution in [-0.2, 0) is 29.3 Å². The molecule has 1 atom stereocenters. The number of nitrogens with one attached hydrogen (secondary N) is 1. The van der Waals surface area contributed by atoms with Crippen molar-refractivity contribution < 1.29 is 13.7 Å². The Morgan fingerprint density at radius 1 is 1.41 bits per heavy atom. The predicted octanol–water partition coefficient (Wildman–Crippen LogP) is 2.82. The van der Waals surface area contributed by atoms with E-state index in [1.54, 1.807) is 4.68 Å². The average molecular weight is 389 g/mol. The third kappa shape index (κ3) is 3.21. The molecule has 27 heavy (non-hydrogen) atoms. The van der Waals surface area contributed by atoms with Crippen molar-refractivity contribution >= 4 is 21.6 Å². The summed E-state index contributed by atoms with van der Waals surface area (Å²) in [5.74, 6) is 0.571. The van der Waals surface area contributed by atoms with Crippen molar-refractivity contribution in [1.82, 2.24) is 9.78 Å². The summed E-state index contributed by atoms with van der Waals surface area (Å²) in [6.45, 7) is 5.28. The van der Waals surface area contributed by atoms with Crippen LogP contribution in [0, 0.1) is 0 Å². The maximum Gasteiger partial charge on any atom is 0.354 e. The normalized spacial score (nSPS) is 17.2. The highest BCUT2D eigenvalue weighted by atomic mass is 32.2. The summed E-state index contributed by atoms with van der Waals surface area (Å²) in [5.41, 5.74) is 4.15. The number of amides is 2. The van der Waals surface area contributed by atoms with Crippen molar-refractivity contribution in [2.24, 2.45) is 9.50 Å². The minimum absolute atomic E-state index is 0.155. The minimum Gasteiger partial charge on any atom is -0.477 e. The van der Waals surface area contributed by atoms with Gasteiger partial charge in [-0.2, -0.15) is 5.10 Å². The topological polar surface area (TPSA) is 112 Å². The van der Waals surface area contributed by atoms with Crippen molar-refractivity contribution in [2.45, 2.75) is 50.5 Å². The largest absolute Gasteiger partial charge is 0.477 e. The lowest BCUT2D eigenvalue weighted by atomic mass is 9.83. The molecule has 0 saturated carbocycles. The molecule has 3 N–H and O–H groups in total. The number of hydrogen-bond donors (Lipinski definition) is 2. The van der Waals surface area contributed by atoms with Gasteiger partial charge in [0.25, 0.3) is 0 Å². The second kappa shape index (κ2) is 6.65. The van der Waals surface area contributed by atoms with Gasteiger partial charge >= 0.3 is 6.03 Å². The summed E-state index contributed by atoms with van der Waals surface area (Å²) >= 11 is 0. The van der Waals surface area contributed by atoms with Crippen molar-refractivity contribution in [1.29, 1.82) is 0 Å². The van der Waals surface area contributed by atoms with Gasteiger partial charge in [-0.05, 0) is 35.4 Å². The SMILES string of the molecule is CC(C)c1ccc2c(c1NC(=O)N=[S@](N)(=O)c1cnn3c1OCCC3)CC2. The van der Waals surface area contributed by atoms with Crippen LogP contribution in [0.5, 0.6) is 5.88 Å². The lowest BCUT2D eigenvalue weighted by molar-refractivity contribution is 0.224. The van der Waals surface area contributed by atoms with Gasteiger partial charge in [0.15, 0.2) is 9.92 Å². The Balaban J connectivity index is 1.66. The quantitative estimate of drug-likeness (QED) is 0.840. The molecule has 144 valence electrons. The Hall–Kier alpha value is -2.39. The Bertz CT molecular complexity index is 1030. The van der Waals surface area contributed by atoms with Gasteiger partial charge in [0, 0.05) is 18.7 Å². The Morgan fingerprint density at radius 3 is 2.93 bits per heavy atom. The summed E-state index contributed by atoms with van der Waals surface area (Å²) in [6.07, 6.45) is 4.10. The fraction of sp³-hybridized carbons (Fsp3) is 0.444. The van der Waals surface area contributed by atoms with Crippen molar-refractivity contribution in [3.05, 3.63) is 35.0 Å². The van der Waals surface area contributed by atoms with Gasteiger partial charge in [0.1, 0.15) is 4.90 Å². The number of nitrogens with zero attached hydrogens (tertiary/aromatic N) is 3. The van der Waals surface area contributed by atoms with Crippen molar-refractivity contribution in [3.8, 4) is 5.88 Å². The smallest absolute Gasteiger partial charge is 0.354 e. The second-order valence-corrected chi connectivity index (χ2v) is 8.91. The lowest BCUT2D eigenvalue weighted by Crippen LogP contribution is -2.22. The van der Waals surface area contributed by atoms with Crippen molar-refractivity contribution in [3.63, 3.8) is 0 Å². The molecule has 4 rings (SSSR count). The maximum absolute atomic E-state index is 12.9. The van der Waals surface area contributed by atoms with Gasteiger partial charge in [-0.25, -0.2) is 18.8 Å². The fourth-order valence-electron chi connectivity index (χ4n) is 3.49. The number of ether oxygens (including phenoxy) is 1. The first kappa shape index (κ1) is 18.0. The molecule has 8 nitrogen and oxygen atoms in total. The molecule has 1 aromatic carbocycles. The van der Waals surface area contributed by atoms with Gasteiger partial charge in [0.2, 0.25) is 5.88 Å². The third-order valence-corrected chi connectivity index (χ3v) is 6.33. The monoisotopic (exact) mass is 389 g/mol. The molecule has 2 amide bonds. The van der Waals surface area contributed by atoms with Gasteiger partial charge in [0.05, 0.1) is 12.8 Å². The Labute approximate surface area is 158 Å². The van der Waals surface area contributed by atoms with Gasteiger partial charge in [-0.3, -0.25) is 0 Å². The minimum atomic E-state index is -3.46. The summed E-state index contributed by atoms with van der Waals surface area (Å²) in [6, 6.07) is 3.41. The zero-order valence-corrected chi connectivity index (χ0v) is 16.2. The van der Waals surface area contributed by atoms with E-state index in [1.807, 2.05) is 6.07 Å². The lowest BCUT2D eigenvalue weighted by Gasteiger charge is -2.26. The highest BCUT2D eigenvalue weighted by molar-refractivity contribution is 7.91. The van der Waals surface area contributed by atoms with Crippen LogP contribution in [0.25, 0.3) is 0 Å². The molecule has 1 aromatic heterocycles. The number of anilines is 1. The fourth-order valence-corrected chi connectivity index (χ4v) is 4.49. The van der Waals surface area contributed by atoms with Crippen LogP contribution < -0.4 is 15.2 Å². The van der Waals surface area contributed by atoms with E-state index in [9.17, 15) is 9.00 Å². The van der Waals surface area contributed by atoms with Crippen LogP contribution in [0.3, 0.4) is 0 Å². The number of aryl methyl sites for hydroxylation is 2. The van der Waals surface area contributed by atoms with Crippen LogP contribution in [0.15, 0.2) is 27.6 Å². The Kier molecular flexibility index (Phi) is 4.43. The molecule has 2 heterocycles. The van der Waals surface area contributed by atoms with E-state index in [0.29, 0.717) is 19.0 Å². The molecule has 2 aromatic rings. The van der Waals surface area contributed by atoms with Crippen molar-refractivity contribution in [2.75, 3.05) is 11.9 Å². The highest BCUT2D eigenvalue weighted by Crippen LogP contribution is 2.36. The van der Waals surface area contributed by atoms with Gasteiger partial charge < -0.3 is 10.1 Å². The van der Waals surface area contributed by atoms with E-state index in [0.717, 1.165) is 36.1 Å². The zero-order chi connectivity index (χ0) is 19.2. The summed E-state index contributed by atoms with van der Waals surface area (Å²) in [4.78, 5) is 12.7. The van der Waals surface area contributed by atoms with E-state index in [2.05, 4.69) is 34.7 Å². The van der Waals surface area contributed by atoms with Crippen LogP contribution >= 0.6 is 0 Å². The number of aromatic nitrogens is 2. The second-order valence-electron chi connectivity index (χ2n) is 7.15. The highest BCUT2D eigenvalue weighted by Gasteiger charge is 2.25. The molecule has 0 bridgehead atoms. The molecule has 9 heteroatoms. The number of urea groups is 1. The number of benzene rings is 1. The summed E-state index contributed by atoms with van der Waals surface area (Å²) < 4.78 is 23.8. The van der Waals surface area contributed by atoms with Crippen LogP contribution in [-0.4, -0.2) is 26.6 Å². The van der Waals surface area contributed by atoms with E-state index in [1.165, 1.54) is 11.8 Å². The molecular weight excluding hydrogens is 366 g/mol. The van der Waals surface area contributed by atoms with Crippen LogP contribution in [0.2, 0.25) is 0 Å². The number of carbonyl (C=O) groups is 1. The predicted molar refractivity (Wildman–Crippen MR) is 102 cm³/mol. The average Bonchev–Trinajstić information content (AvgIpc) is 3.00. The number of hydrogen-bond acceptors (Lipinski definition) is 4. The molecule has 0 spiro atoms. The molecule has 0 radical (unpaired) electrons. The summed E-state index contributed by atoms with van der Waals surface area (Å²) in [5, 5.41) is 12.9. The molecule has 0 fully saturated rings. The van der Waals surface area contributed by atoms with E-state index >= 15 is 0 Å². The first-order valence-electron chi connectivity index (χ1n) is 9.06. The maximum atomic E-state index is 12.9. The summed E-state index contributed by atoms with van der Waals surface area (Å²) in [7, 11) is -3.46. The van der Waals surface area contributed by atoms with E-state index in [4.69, 9.17) is 9.88 Å².